The van der Waals surface area contributed by atoms with Crippen molar-refractivity contribution in [1.29, 1.82) is 0 Å². The topological polar surface area (TPSA) is 71.1 Å². The van der Waals surface area contributed by atoms with Crippen molar-refractivity contribution in [2.45, 2.75) is 12.8 Å². The van der Waals surface area contributed by atoms with Gasteiger partial charge in [0.25, 0.3) is 0 Å². The minimum atomic E-state index is -1.04. The first kappa shape index (κ1) is 21.6. The second-order valence-electron chi connectivity index (χ2n) is 6.02. The molecule has 0 saturated carbocycles. The van der Waals surface area contributed by atoms with Gasteiger partial charge in [0.2, 0.25) is 0 Å². The Morgan fingerprint density at radius 3 is 2.25 bits per heavy atom. The van der Waals surface area contributed by atoms with E-state index in [1.54, 1.807) is 25.3 Å². The van der Waals surface area contributed by atoms with E-state index in [9.17, 15) is 9.59 Å². The summed E-state index contributed by atoms with van der Waals surface area (Å²) < 4.78 is 20.6. The van der Waals surface area contributed by atoms with Crippen LogP contribution in [0.25, 0.3) is 0 Å². The van der Waals surface area contributed by atoms with Crippen LogP contribution in [0, 0.1) is 5.92 Å². The summed E-state index contributed by atoms with van der Waals surface area (Å²) in [5.41, 5.74) is 1.78. The largest absolute Gasteiger partial charge is 0.493 e. The Hall–Kier alpha value is -2.73. The number of carbonyl (C=O) groups is 2. The highest BCUT2D eigenvalue weighted by molar-refractivity contribution is 6.30. The maximum Gasteiger partial charge on any atom is 0.320 e. The molecule has 0 aliphatic carbocycles. The van der Waals surface area contributed by atoms with Gasteiger partial charge in [0.05, 0.1) is 27.9 Å². The zero-order valence-electron chi connectivity index (χ0n) is 16.1. The van der Waals surface area contributed by atoms with Gasteiger partial charge in [-0.05, 0) is 41.8 Å². The van der Waals surface area contributed by atoms with Gasteiger partial charge in [0.1, 0.15) is 0 Å². The highest BCUT2D eigenvalue weighted by atomic mass is 35.5. The first-order valence-electron chi connectivity index (χ1n) is 8.68. The molecule has 0 radical (unpaired) electrons. The van der Waals surface area contributed by atoms with Gasteiger partial charge in [-0.25, -0.2) is 0 Å². The van der Waals surface area contributed by atoms with E-state index in [2.05, 4.69) is 0 Å². The van der Waals surface area contributed by atoms with Gasteiger partial charge in [0.15, 0.2) is 17.4 Å². The van der Waals surface area contributed by atoms with E-state index < -0.39 is 17.9 Å². The van der Waals surface area contributed by atoms with Crippen LogP contribution in [0.15, 0.2) is 42.5 Å². The molecule has 2 aromatic rings. The number of ether oxygens (including phenoxy) is 4. The van der Waals surface area contributed by atoms with E-state index >= 15 is 0 Å². The first-order valence-corrected chi connectivity index (χ1v) is 9.06. The molecule has 7 heteroatoms. The third kappa shape index (κ3) is 5.89. The third-order valence-electron chi connectivity index (χ3n) is 4.18. The number of halogens is 1. The molecule has 2 aromatic carbocycles. The summed E-state index contributed by atoms with van der Waals surface area (Å²) in [5, 5.41) is 0.675. The number of esters is 2. The fourth-order valence-corrected chi connectivity index (χ4v) is 2.93. The molecule has 0 aliphatic heterocycles. The van der Waals surface area contributed by atoms with E-state index in [-0.39, 0.29) is 6.42 Å². The lowest BCUT2D eigenvalue weighted by molar-refractivity contribution is -0.158. The van der Waals surface area contributed by atoms with Gasteiger partial charge in [-0.1, -0.05) is 29.8 Å². The summed E-state index contributed by atoms with van der Waals surface area (Å²) in [4.78, 5) is 23.8. The Bertz CT molecular complexity index is 804. The van der Waals surface area contributed by atoms with Crippen LogP contribution in [-0.2, 0) is 31.9 Å². The highest BCUT2D eigenvalue weighted by Crippen LogP contribution is 2.29. The van der Waals surface area contributed by atoms with Crippen LogP contribution in [0.4, 0.5) is 0 Å². The smallest absolute Gasteiger partial charge is 0.320 e. The molecule has 6 nitrogen and oxygen atoms in total. The SMILES string of the molecule is COC(=O)C(Cc1ccc(OC)c(OCCc2cccc(Cl)c2)c1)C(=O)OC. The molecule has 0 atom stereocenters. The minimum absolute atomic E-state index is 0.133. The molecule has 0 aromatic heterocycles. The maximum atomic E-state index is 11.9. The van der Waals surface area contributed by atoms with E-state index in [1.165, 1.54) is 14.2 Å². The number of rotatable bonds is 9. The number of carbonyl (C=O) groups excluding carboxylic acids is 2. The lowest BCUT2D eigenvalue weighted by Crippen LogP contribution is -2.28. The predicted octanol–water partition coefficient (Wildman–Crippen LogP) is 3.47. The van der Waals surface area contributed by atoms with Crippen LogP contribution in [0.2, 0.25) is 5.02 Å². The van der Waals surface area contributed by atoms with Crippen LogP contribution in [0.3, 0.4) is 0 Å². The second kappa shape index (κ2) is 10.6. The van der Waals surface area contributed by atoms with Gasteiger partial charge in [0, 0.05) is 11.4 Å². The number of hydrogen-bond donors (Lipinski definition) is 0. The third-order valence-corrected chi connectivity index (χ3v) is 4.41. The monoisotopic (exact) mass is 406 g/mol. The molecular weight excluding hydrogens is 384 g/mol. The molecule has 0 bridgehead atoms. The van der Waals surface area contributed by atoms with Crippen molar-refractivity contribution in [1.82, 2.24) is 0 Å². The normalized spacial score (nSPS) is 10.5. The van der Waals surface area contributed by atoms with Gasteiger partial charge in [-0.3, -0.25) is 9.59 Å². The van der Waals surface area contributed by atoms with Crippen LogP contribution in [0.1, 0.15) is 11.1 Å². The van der Waals surface area contributed by atoms with Crippen molar-refractivity contribution in [3.8, 4) is 11.5 Å². The zero-order valence-corrected chi connectivity index (χ0v) is 16.8. The van der Waals surface area contributed by atoms with Crippen LogP contribution >= 0.6 is 11.6 Å². The lowest BCUT2D eigenvalue weighted by atomic mass is 9.99. The fraction of sp³-hybridized carbons (Fsp3) is 0.333. The van der Waals surface area contributed by atoms with Gasteiger partial charge >= 0.3 is 11.9 Å². The summed E-state index contributed by atoms with van der Waals surface area (Å²) in [6.45, 7) is 0.414. The number of methoxy groups -OCH3 is 3. The minimum Gasteiger partial charge on any atom is -0.493 e. The van der Waals surface area contributed by atoms with Crippen molar-refractivity contribution < 1.29 is 28.5 Å². The second-order valence-corrected chi connectivity index (χ2v) is 6.45. The molecule has 0 amide bonds. The number of benzene rings is 2. The van der Waals surface area contributed by atoms with E-state index in [1.807, 2.05) is 24.3 Å². The Kier molecular flexibility index (Phi) is 8.14. The Morgan fingerprint density at radius 2 is 1.64 bits per heavy atom. The van der Waals surface area contributed by atoms with Gasteiger partial charge in [-0.15, -0.1) is 0 Å². The molecule has 0 unspecified atom stereocenters. The molecule has 0 fully saturated rings. The quantitative estimate of drug-likeness (QED) is 0.469. The molecule has 0 aliphatic rings. The van der Waals surface area contributed by atoms with Crippen molar-refractivity contribution in [2.75, 3.05) is 27.9 Å². The Balaban J connectivity index is 2.11. The summed E-state index contributed by atoms with van der Waals surface area (Å²) >= 11 is 6.00. The van der Waals surface area contributed by atoms with Crippen molar-refractivity contribution in [3.05, 3.63) is 58.6 Å². The fourth-order valence-electron chi connectivity index (χ4n) is 2.72. The summed E-state index contributed by atoms with van der Waals surface area (Å²) in [6, 6.07) is 12.8. The standard InChI is InChI=1S/C21H23ClO6/c1-25-18-8-7-15(12-17(20(23)26-2)21(24)27-3)13-19(18)28-10-9-14-5-4-6-16(22)11-14/h4-8,11,13,17H,9-10,12H2,1-3H3. The van der Waals surface area contributed by atoms with Crippen LogP contribution < -0.4 is 9.47 Å². The van der Waals surface area contributed by atoms with Crippen molar-refractivity contribution in [2.24, 2.45) is 5.92 Å². The molecule has 0 saturated heterocycles. The summed E-state index contributed by atoms with van der Waals surface area (Å²) in [5.74, 6) is -1.25. The molecular formula is C21H23ClO6. The molecule has 0 heterocycles. The van der Waals surface area contributed by atoms with Crippen molar-refractivity contribution >= 4 is 23.5 Å². The lowest BCUT2D eigenvalue weighted by Gasteiger charge is -2.15. The molecule has 28 heavy (non-hydrogen) atoms. The Labute approximate surface area is 169 Å². The van der Waals surface area contributed by atoms with E-state index in [0.717, 1.165) is 11.1 Å². The number of hydrogen-bond acceptors (Lipinski definition) is 6. The summed E-state index contributed by atoms with van der Waals surface area (Å²) in [7, 11) is 4.01. The molecule has 2 rings (SSSR count). The van der Waals surface area contributed by atoms with Gasteiger partial charge in [-0.2, -0.15) is 0 Å². The zero-order chi connectivity index (χ0) is 20.5. The Morgan fingerprint density at radius 1 is 0.929 bits per heavy atom. The first-order chi connectivity index (χ1) is 13.5. The molecule has 0 spiro atoms. The predicted molar refractivity (Wildman–Crippen MR) is 105 cm³/mol. The average Bonchev–Trinajstić information content (AvgIpc) is 2.71. The van der Waals surface area contributed by atoms with Crippen LogP contribution in [0.5, 0.6) is 11.5 Å². The van der Waals surface area contributed by atoms with Crippen molar-refractivity contribution in [3.63, 3.8) is 0 Å². The van der Waals surface area contributed by atoms with E-state index in [0.29, 0.717) is 29.5 Å². The average molecular weight is 407 g/mol. The maximum absolute atomic E-state index is 11.9. The van der Waals surface area contributed by atoms with E-state index in [4.69, 9.17) is 30.5 Å². The van der Waals surface area contributed by atoms with Gasteiger partial charge < -0.3 is 18.9 Å². The molecule has 150 valence electrons. The molecule has 0 N–H and O–H groups in total. The highest BCUT2D eigenvalue weighted by Gasteiger charge is 2.29. The summed E-state index contributed by atoms with van der Waals surface area (Å²) in [6.07, 6.45) is 0.800. The van der Waals surface area contributed by atoms with Crippen LogP contribution in [-0.4, -0.2) is 39.9 Å².